The fourth-order valence-corrected chi connectivity index (χ4v) is 2.27. The Labute approximate surface area is 155 Å². The number of carbonyl (C=O) groups excluding carboxylic acids is 1. The van der Waals surface area contributed by atoms with Gasteiger partial charge in [-0.2, -0.15) is 0 Å². The summed E-state index contributed by atoms with van der Waals surface area (Å²) >= 11 is 0. The molecule has 2 heteroatoms. The van der Waals surface area contributed by atoms with Crippen LogP contribution in [0.3, 0.4) is 0 Å². The third-order valence-electron chi connectivity index (χ3n) is 3.69. The molecule has 2 nitrogen and oxygen atoms in total. The molecule has 0 aliphatic rings. The zero-order valence-corrected chi connectivity index (χ0v) is 16.4. The Morgan fingerprint density at radius 2 is 1.28 bits per heavy atom. The van der Waals surface area contributed by atoms with E-state index in [1.165, 1.54) is 12.8 Å². The van der Waals surface area contributed by atoms with Gasteiger partial charge in [-0.1, -0.05) is 75.3 Å². The molecule has 0 bridgehead atoms. The first-order valence-corrected chi connectivity index (χ1v) is 10.1. The normalized spacial score (nSPS) is 12.2. The van der Waals surface area contributed by atoms with Gasteiger partial charge in [0.1, 0.15) is 0 Å². The van der Waals surface area contributed by atoms with Gasteiger partial charge in [0.2, 0.25) is 0 Å². The summed E-state index contributed by atoms with van der Waals surface area (Å²) in [5.41, 5.74) is 0. The van der Waals surface area contributed by atoms with E-state index in [2.05, 4.69) is 55.5 Å². The Hall–Kier alpha value is -1.57. The highest BCUT2D eigenvalue weighted by Crippen LogP contribution is 2.07. The van der Waals surface area contributed by atoms with E-state index in [9.17, 15) is 4.79 Å². The maximum absolute atomic E-state index is 11.3. The van der Waals surface area contributed by atoms with Crippen molar-refractivity contribution in [1.82, 2.24) is 0 Å². The summed E-state index contributed by atoms with van der Waals surface area (Å²) in [5, 5.41) is 0. The van der Waals surface area contributed by atoms with Crippen LogP contribution in [-0.2, 0) is 9.53 Å². The van der Waals surface area contributed by atoms with Gasteiger partial charge in [0.25, 0.3) is 0 Å². The quantitative estimate of drug-likeness (QED) is 0.169. The Morgan fingerprint density at radius 1 is 0.720 bits per heavy atom. The first kappa shape index (κ1) is 23.4. The number of allylic oxidation sites excluding steroid dienone is 8. The van der Waals surface area contributed by atoms with Gasteiger partial charge in [0.05, 0.1) is 6.61 Å². The fourth-order valence-electron chi connectivity index (χ4n) is 2.27. The standard InChI is InChI=1S/C23H38O2/c1-3-5-6-7-8-9-10-11-12-13-14-15-16-17-18-19-20-21-23(24)25-22-4-2/h5-6,8-9,11-12,14-15H,3-4,7,10,13,16-22H2,1-2H3/b6-5?,9-8?,12-11?,15-14-. The largest absolute Gasteiger partial charge is 0.466 e. The predicted molar refractivity (Wildman–Crippen MR) is 110 cm³/mol. The van der Waals surface area contributed by atoms with Crippen LogP contribution in [0.5, 0.6) is 0 Å². The summed E-state index contributed by atoms with van der Waals surface area (Å²) < 4.78 is 5.06. The molecule has 0 saturated carbocycles. The SMILES string of the molecule is CCC=CCC=CCC=CC/C=C\CCCCCCC(=O)OCCC. The van der Waals surface area contributed by atoms with E-state index in [-0.39, 0.29) is 5.97 Å². The predicted octanol–water partition coefficient (Wildman–Crippen LogP) is 7.09. The van der Waals surface area contributed by atoms with Crippen molar-refractivity contribution in [3.8, 4) is 0 Å². The minimum Gasteiger partial charge on any atom is -0.466 e. The fraction of sp³-hybridized carbons (Fsp3) is 0.609. The molecular formula is C23H38O2. The second kappa shape index (κ2) is 20.5. The van der Waals surface area contributed by atoms with Crippen molar-refractivity contribution in [2.24, 2.45) is 0 Å². The van der Waals surface area contributed by atoms with Gasteiger partial charge >= 0.3 is 5.97 Å². The monoisotopic (exact) mass is 346 g/mol. The van der Waals surface area contributed by atoms with E-state index in [0.717, 1.165) is 51.4 Å². The number of ether oxygens (including phenoxy) is 1. The Balaban J connectivity index is 3.36. The van der Waals surface area contributed by atoms with Crippen molar-refractivity contribution in [3.63, 3.8) is 0 Å². The van der Waals surface area contributed by atoms with Gasteiger partial charge < -0.3 is 4.74 Å². The molecule has 142 valence electrons. The minimum atomic E-state index is -0.0409. The van der Waals surface area contributed by atoms with Crippen LogP contribution in [0.1, 0.15) is 84.5 Å². The van der Waals surface area contributed by atoms with Crippen LogP contribution in [0.2, 0.25) is 0 Å². The molecule has 0 unspecified atom stereocenters. The van der Waals surface area contributed by atoms with Gasteiger partial charge in [-0.15, -0.1) is 0 Å². The zero-order valence-electron chi connectivity index (χ0n) is 16.4. The summed E-state index contributed by atoms with van der Waals surface area (Å²) in [7, 11) is 0. The number of rotatable bonds is 16. The number of hydrogen-bond acceptors (Lipinski definition) is 2. The average Bonchev–Trinajstić information content (AvgIpc) is 2.62. The van der Waals surface area contributed by atoms with Crippen LogP contribution in [0.25, 0.3) is 0 Å². The molecule has 0 amide bonds. The van der Waals surface area contributed by atoms with Crippen LogP contribution in [0.4, 0.5) is 0 Å². The lowest BCUT2D eigenvalue weighted by Crippen LogP contribution is -2.04. The lowest BCUT2D eigenvalue weighted by atomic mass is 10.1. The molecule has 0 radical (unpaired) electrons. The van der Waals surface area contributed by atoms with Crippen molar-refractivity contribution < 1.29 is 9.53 Å². The summed E-state index contributed by atoms with van der Waals surface area (Å²) in [4.78, 5) is 11.3. The summed E-state index contributed by atoms with van der Waals surface area (Å²) in [5.74, 6) is -0.0409. The Morgan fingerprint density at radius 3 is 1.88 bits per heavy atom. The molecule has 0 fully saturated rings. The van der Waals surface area contributed by atoms with Gasteiger partial charge in [0.15, 0.2) is 0 Å². The molecule has 0 heterocycles. The molecule has 0 aromatic heterocycles. The molecule has 0 atom stereocenters. The molecular weight excluding hydrogens is 308 g/mol. The van der Waals surface area contributed by atoms with E-state index in [0.29, 0.717) is 13.0 Å². The lowest BCUT2D eigenvalue weighted by molar-refractivity contribution is -0.143. The molecule has 0 N–H and O–H groups in total. The van der Waals surface area contributed by atoms with Gasteiger partial charge in [0, 0.05) is 6.42 Å². The molecule has 0 saturated heterocycles. The first-order valence-electron chi connectivity index (χ1n) is 10.1. The van der Waals surface area contributed by atoms with Gasteiger partial charge in [-0.25, -0.2) is 0 Å². The van der Waals surface area contributed by atoms with Gasteiger partial charge in [-0.3, -0.25) is 4.79 Å². The smallest absolute Gasteiger partial charge is 0.305 e. The number of unbranched alkanes of at least 4 members (excludes halogenated alkanes) is 4. The van der Waals surface area contributed by atoms with E-state index in [1.54, 1.807) is 0 Å². The molecule has 0 spiro atoms. The molecule has 0 aliphatic carbocycles. The van der Waals surface area contributed by atoms with E-state index >= 15 is 0 Å². The maximum atomic E-state index is 11.3. The lowest BCUT2D eigenvalue weighted by Gasteiger charge is -2.02. The highest BCUT2D eigenvalue weighted by Gasteiger charge is 2.00. The molecule has 0 aromatic rings. The van der Waals surface area contributed by atoms with Crippen LogP contribution < -0.4 is 0 Å². The van der Waals surface area contributed by atoms with Crippen molar-refractivity contribution in [2.45, 2.75) is 84.5 Å². The van der Waals surface area contributed by atoms with E-state index in [1.807, 2.05) is 6.92 Å². The number of carbonyl (C=O) groups is 1. The Kier molecular flexibility index (Phi) is 19.2. The van der Waals surface area contributed by atoms with Crippen molar-refractivity contribution in [3.05, 3.63) is 48.6 Å². The number of hydrogen-bond donors (Lipinski definition) is 0. The minimum absolute atomic E-state index is 0.0409. The Bertz CT molecular complexity index is 402. The van der Waals surface area contributed by atoms with Crippen LogP contribution in [-0.4, -0.2) is 12.6 Å². The second-order valence-electron chi connectivity index (χ2n) is 6.17. The van der Waals surface area contributed by atoms with Crippen molar-refractivity contribution >= 4 is 5.97 Å². The van der Waals surface area contributed by atoms with E-state index < -0.39 is 0 Å². The van der Waals surface area contributed by atoms with E-state index in [4.69, 9.17) is 4.74 Å². The molecule has 0 aromatic carbocycles. The topological polar surface area (TPSA) is 26.3 Å². The van der Waals surface area contributed by atoms with Crippen LogP contribution in [0.15, 0.2) is 48.6 Å². The molecule has 0 rings (SSSR count). The maximum Gasteiger partial charge on any atom is 0.305 e. The second-order valence-corrected chi connectivity index (χ2v) is 6.17. The summed E-state index contributed by atoms with van der Waals surface area (Å²) in [6.07, 6.45) is 29.1. The summed E-state index contributed by atoms with van der Waals surface area (Å²) in [6.45, 7) is 4.73. The third-order valence-corrected chi connectivity index (χ3v) is 3.69. The average molecular weight is 347 g/mol. The highest BCUT2D eigenvalue weighted by atomic mass is 16.5. The van der Waals surface area contributed by atoms with Gasteiger partial charge in [-0.05, 0) is 51.4 Å². The van der Waals surface area contributed by atoms with Crippen LogP contribution in [0, 0.1) is 0 Å². The molecule has 25 heavy (non-hydrogen) atoms. The third kappa shape index (κ3) is 20.4. The first-order chi connectivity index (χ1) is 12.3. The summed E-state index contributed by atoms with van der Waals surface area (Å²) in [6, 6.07) is 0. The zero-order chi connectivity index (χ0) is 18.4. The molecule has 0 aliphatic heterocycles. The van der Waals surface area contributed by atoms with Crippen LogP contribution >= 0.6 is 0 Å². The van der Waals surface area contributed by atoms with Crippen molar-refractivity contribution in [2.75, 3.05) is 6.61 Å². The number of esters is 1. The highest BCUT2D eigenvalue weighted by molar-refractivity contribution is 5.69. The van der Waals surface area contributed by atoms with Crippen molar-refractivity contribution in [1.29, 1.82) is 0 Å².